The standard InChI is InChI=1S/C12H16N4O/c1-8-3-4-10(17-2)9(7-8)12-14-11(5-6-13)15-16-12/h3-4,7H,5-6,13H2,1-2H3,(H,14,15,16). The van der Waals surface area contributed by atoms with Crippen LogP contribution >= 0.6 is 0 Å². The molecule has 0 unspecified atom stereocenters. The predicted octanol–water partition coefficient (Wildman–Crippen LogP) is 1.29. The van der Waals surface area contributed by atoms with Gasteiger partial charge in [-0.05, 0) is 25.6 Å². The monoisotopic (exact) mass is 232 g/mol. The highest BCUT2D eigenvalue weighted by molar-refractivity contribution is 5.64. The van der Waals surface area contributed by atoms with E-state index in [1.54, 1.807) is 7.11 Å². The van der Waals surface area contributed by atoms with Crippen LogP contribution in [-0.2, 0) is 6.42 Å². The summed E-state index contributed by atoms with van der Waals surface area (Å²) in [5, 5.41) is 7.06. The van der Waals surface area contributed by atoms with Gasteiger partial charge in [-0.1, -0.05) is 11.6 Å². The zero-order valence-corrected chi connectivity index (χ0v) is 10.0. The minimum absolute atomic E-state index is 0.555. The van der Waals surface area contributed by atoms with Gasteiger partial charge in [-0.25, -0.2) is 4.98 Å². The van der Waals surface area contributed by atoms with Gasteiger partial charge in [-0.15, -0.1) is 0 Å². The van der Waals surface area contributed by atoms with Crippen molar-refractivity contribution in [2.45, 2.75) is 13.3 Å². The van der Waals surface area contributed by atoms with Crippen LogP contribution in [0.5, 0.6) is 5.75 Å². The van der Waals surface area contributed by atoms with Crippen LogP contribution in [0.25, 0.3) is 11.4 Å². The van der Waals surface area contributed by atoms with Crippen molar-refractivity contribution in [2.24, 2.45) is 5.73 Å². The Morgan fingerprint density at radius 2 is 2.24 bits per heavy atom. The second kappa shape index (κ2) is 4.97. The van der Waals surface area contributed by atoms with Crippen molar-refractivity contribution in [1.82, 2.24) is 15.2 Å². The van der Waals surface area contributed by atoms with E-state index in [-0.39, 0.29) is 0 Å². The molecule has 1 aromatic carbocycles. The lowest BCUT2D eigenvalue weighted by atomic mass is 10.1. The van der Waals surface area contributed by atoms with Gasteiger partial charge in [-0.3, -0.25) is 5.10 Å². The molecular weight excluding hydrogens is 216 g/mol. The lowest BCUT2D eigenvalue weighted by molar-refractivity contribution is 0.416. The number of nitrogens with one attached hydrogen (secondary N) is 1. The van der Waals surface area contributed by atoms with Crippen molar-refractivity contribution in [3.05, 3.63) is 29.6 Å². The van der Waals surface area contributed by atoms with Crippen LogP contribution < -0.4 is 10.5 Å². The number of H-pyrrole nitrogens is 1. The first-order chi connectivity index (χ1) is 8.24. The van der Waals surface area contributed by atoms with Gasteiger partial charge in [-0.2, -0.15) is 5.10 Å². The minimum Gasteiger partial charge on any atom is -0.496 e. The fourth-order valence-corrected chi connectivity index (χ4v) is 1.66. The summed E-state index contributed by atoms with van der Waals surface area (Å²) in [7, 11) is 1.64. The van der Waals surface area contributed by atoms with Gasteiger partial charge in [0.2, 0.25) is 0 Å². The predicted molar refractivity (Wildman–Crippen MR) is 65.9 cm³/mol. The number of hydrogen-bond donors (Lipinski definition) is 2. The molecular formula is C12H16N4O. The number of hydrogen-bond acceptors (Lipinski definition) is 4. The molecule has 0 amide bonds. The molecule has 90 valence electrons. The molecule has 5 nitrogen and oxygen atoms in total. The smallest absolute Gasteiger partial charge is 0.184 e. The maximum atomic E-state index is 5.48. The summed E-state index contributed by atoms with van der Waals surface area (Å²) < 4.78 is 5.31. The number of aromatic amines is 1. The number of aromatic nitrogens is 3. The second-order valence-electron chi connectivity index (χ2n) is 3.85. The average molecular weight is 232 g/mol. The van der Waals surface area contributed by atoms with Crippen LogP contribution in [0.2, 0.25) is 0 Å². The quantitative estimate of drug-likeness (QED) is 0.832. The van der Waals surface area contributed by atoms with Gasteiger partial charge in [0.25, 0.3) is 0 Å². The SMILES string of the molecule is COc1ccc(C)cc1-c1n[nH]c(CCN)n1. The number of benzene rings is 1. The molecule has 0 spiro atoms. The van der Waals surface area contributed by atoms with E-state index in [1.807, 2.05) is 25.1 Å². The first-order valence-electron chi connectivity index (χ1n) is 5.51. The van der Waals surface area contributed by atoms with E-state index in [4.69, 9.17) is 10.5 Å². The lowest BCUT2D eigenvalue weighted by Gasteiger charge is -2.05. The Morgan fingerprint density at radius 1 is 1.41 bits per heavy atom. The van der Waals surface area contributed by atoms with E-state index in [1.165, 1.54) is 0 Å². The molecule has 0 fully saturated rings. The lowest BCUT2D eigenvalue weighted by Crippen LogP contribution is -2.03. The van der Waals surface area contributed by atoms with Crippen LogP contribution in [0.3, 0.4) is 0 Å². The van der Waals surface area contributed by atoms with Crippen LogP contribution in [0.1, 0.15) is 11.4 Å². The molecule has 5 heteroatoms. The third-order valence-corrected chi connectivity index (χ3v) is 2.51. The van der Waals surface area contributed by atoms with Crippen LogP contribution in [0.15, 0.2) is 18.2 Å². The van der Waals surface area contributed by atoms with Gasteiger partial charge in [0.1, 0.15) is 11.6 Å². The zero-order valence-electron chi connectivity index (χ0n) is 10.0. The molecule has 2 rings (SSSR count). The summed E-state index contributed by atoms with van der Waals surface area (Å²) >= 11 is 0. The molecule has 0 aliphatic heterocycles. The summed E-state index contributed by atoms with van der Waals surface area (Å²) in [5.41, 5.74) is 7.52. The summed E-state index contributed by atoms with van der Waals surface area (Å²) in [5.74, 6) is 2.22. The molecule has 17 heavy (non-hydrogen) atoms. The molecule has 0 radical (unpaired) electrons. The van der Waals surface area contributed by atoms with Crippen molar-refractivity contribution in [1.29, 1.82) is 0 Å². The Kier molecular flexibility index (Phi) is 3.39. The molecule has 0 aliphatic rings. The highest BCUT2D eigenvalue weighted by atomic mass is 16.5. The van der Waals surface area contributed by atoms with Gasteiger partial charge in [0, 0.05) is 6.42 Å². The highest BCUT2D eigenvalue weighted by Gasteiger charge is 2.11. The minimum atomic E-state index is 0.555. The fraction of sp³-hybridized carbons (Fsp3) is 0.333. The number of nitrogens with two attached hydrogens (primary N) is 1. The van der Waals surface area contributed by atoms with Gasteiger partial charge >= 0.3 is 0 Å². The average Bonchev–Trinajstić information content (AvgIpc) is 2.78. The summed E-state index contributed by atoms with van der Waals surface area (Å²) in [4.78, 5) is 4.39. The maximum absolute atomic E-state index is 5.48. The number of rotatable bonds is 4. The van der Waals surface area contributed by atoms with Crippen molar-refractivity contribution >= 4 is 0 Å². The molecule has 0 saturated heterocycles. The van der Waals surface area contributed by atoms with Crippen molar-refractivity contribution in [3.8, 4) is 17.1 Å². The summed E-state index contributed by atoms with van der Waals surface area (Å²) in [6.07, 6.45) is 0.696. The van der Waals surface area contributed by atoms with Gasteiger partial charge in [0.15, 0.2) is 5.82 Å². The first-order valence-corrected chi connectivity index (χ1v) is 5.51. The van der Waals surface area contributed by atoms with Crippen LogP contribution in [0, 0.1) is 6.92 Å². The molecule has 0 saturated carbocycles. The summed E-state index contributed by atoms with van der Waals surface area (Å²) in [6.45, 7) is 2.58. The Labute approximate surface area is 100 Å². The third-order valence-electron chi connectivity index (χ3n) is 2.51. The molecule has 0 bridgehead atoms. The highest BCUT2D eigenvalue weighted by Crippen LogP contribution is 2.28. The van der Waals surface area contributed by atoms with Crippen molar-refractivity contribution in [2.75, 3.05) is 13.7 Å². The second-order valence-corrected chi connectivity index (χ2v) is 3.85. The number of ether oxygens (including phenoxy) is 1. The Balaban J connectivity index is 2.40. The number of nitrogens with zero attached hydrogens (tertiary/aromatic N) is 2. The third kappa shape index (κ3) is 2.45. The largest absolute Gasteiger partial charge is 0.496 e. The fourth-order valence-electron chi connectivity index (χ4n) is 1.66. The van der Waals surface area contributed by atoms with E-state index >= 15 is 0 Å². The Bertz CT molecular complexity index is 507. The number of methoxy groups -OCH3 is 1. The normalized spacial score (nSPS) is 10.5. The van der Waals surface area contributed by atoms with Gasteiger partial charge < -0.3 is 10.5 Å². The topological polar surface area (TPSA) is 76.8 Å². The van der Waals surface area contributed by atoms with E-state index < -0.39 is 0 Å². The van der Waals surface area contributed by atoms with Crippen molar-refractivity contribution < 1.29 is 4.74 Å². The Morgan fingerprint density at radius 3 is 2.94 bits per heavy atom. The van der Waals surface area contributed by atoms with Crippen LogP contribution in [-0.4, -0.2) is 28.8 Å². The molecule has 1 heterocycles. The Hall–Kier alpha value is -1.88. The van der Waals surface area contributed by atoms with Crippen molar-refractivity contribution in [3.63, 3.8) is 0 Å². The maximum Gasteiger partial charge on any atom is 0.184 e. The molecule has 0 aliphatic carbocycles. The molecule has 0 atom stereocenters. The van der Waals surface area contributed by atoms with Crippen LogP contribution in [0.4, 0.5) is 0 Å². The van der Waals surface area contributed by atoms with E-state index in [2.05, 4.69) is 15.2 Å². The molecule has 3 N–H and O–H groups in total. The molecule has 1 aromatic heterocycles. The summed E-state index contributed by atoms with van der Waals surface area (Å²) in [6, 6.07) is 5.92. The first kappa shape index (κ1) is 11.6. The van der Waals surface area contributed by atoms with E-state index in [0.717, 1.165) is 22.7 Å². The van der Waals surface area contributed by atoms with E-state index in [9.17, 15) is 0 Å². The molecule has 2 aromatic rings. The number of aryl methyl sites for hydroxylation is 1. The van der Waals surface area contributed by atoms with Gasteiger partial charge in [0.05, 0.1) is 12.7 Å². The van der Waals surface area contributed by atoms with E-state index in [0.29, 0.717) is 18.8 Å². The zero-order chi connectivity index (χ0) is 12.3.